The Morgan fingerprint density at radius 1 is 0.962 bits per heavy atom. The van der Waals surface area contributed by atoms with Crippen LogP contribution in [0.5, 0.6) is 0 Å². The SMILES string of the molecule is Cc1nc(C(=O)ON2C(=O)c3ccccc3C2=O)c(-c2ccccc2)s1. The van der Waals surface area contributed by atoms with Gasteiger partial charge in [-0.3, -0.25) is 9.59 Å². The van der Waals surface area contributed by atoms with Gasteiger partial charge in [0.1, 0.15) is 0 Å². The minimum atomic E-state index is -0.845. The van der Waals surface area contributed by atoms with Crippen LogP contribution in [-0.4, -0.2) is 27.8 Å². The number of imide groups is 1. The van der Waals surface area contributed by atoms with Crippen molar-refractivity contribution < 1.29 is 19.2 Å². The van der Waals surface area contributed by atoms with E-state index in [1.54, 1.807) is 19.1 Å². The van der Waals surface area contributed by atoms with Crippen LogP contribution in [-0.2, 0) is 4.84 Å². The quantitative estimate of drug-likeness (QED) is 0.665. The minimum Gasteiger partial charge on any atom is -0.322 e. The third-order valence-electron chi connectivity index (χ3n) is 3.89. The highest BCUT2D eigenvalue weighted by molar-refractivity contribution is 7.15. The van der Waals surface area contributed by atoms with Gasteiger partial charge in [-0.2, -0.15) is 0 Å². The number of benzene rings is 2. The lowest BCUT2D eigenvalue weighted by Crippen LogP contribution is -2.32. The summed E-state index contributed by atoms with van der Waals surface area (Å²) >= 11 is 1.34. The molecule has 2 amide bonds. The van der Waals surface area contributed by atoms with E-state index < -0.39 is 17.8 Å². The maximum Gasteiger partial charge on any atom is 0.383 e. The largest absolute Gasteiger partial charge is 0.383 e. The lowest BCUT2D eigenvalue weighted by molar-refractivity contribution is -0.0587. The van der Waals surface area contributed by atoms with Crippen LogP contribution in [0.25, 0.3) is 10.4 Å². The van der Waals surface area contributed by atoms with Gasteiger partial charge in [0, 0.05) is 0 Å². The lowest BCUT2D eigenvalue weighted by Gasteiger charge is -2.12. The molecule has 0 atom stereocenters. The number of aromatic nitrogens is 1. The number of amides is 2. The fraction of sp³-hybridized carbons (Fsp3) is 0.0526. The molecule has 2 heterocycles. The first-order chi connectivity index (χ1) is 12.6. The smallest absolute Gasteiger partial charge is 0.322 e. The molecule has 0 bridgehead atoms. The van der Waals surface area contributed by atoms with Crippen molar-refractivity contribution in [1.82, 2.24) is 10.0 Å². The molecule has 1 aromatic heterocycles. The van der Waals surface area contributed by atoms with Gasteiger partial charge in [-0.25, -0.2) is 9.78 Å². The van der Waals surface area contributed by atoms with E-state index in [-0.39, 0.29) is 16.8 Å². The molecule has 1 aliphatic rings. The second kappa shape index (κ2) is 6.20. The first-order valence-electron chi connectivity index (χ1n) is 7.79. The summed E-state index contributed by atoms with van der Waals surface area (Å²) in [5.41, 5.74) is 1.31. The summed E-state index contributed by atoms with van der Waals surface area (Å²) in [6.07, 6.45) is 0. The van der Waals surface area contributed by atoms with Crippen LogP contribution in [0.1, 0.15) is 36.2 Å². The summed E-state index contributed by atoms with van der Waals surface area (Å²) in [5.74, 6) is -2.16. The van der Waals surface area contributed by atoms with Crippen molar-refractivity contribution in [3.05, 3.63) is 76.4 Å². The molecule has 0 N–H and O–H groups in total. The van der Waals surface area contributed by atoms with Gasteiger partial charge in [-0.05, 0) is 24.6 Å². The molecule has 0 unspecified atom stereocenters. The van der Waals surface area contributed by atoms with Crippen molar-refractivity contribution in [2.45, 2.75) is 6.92 Å². The van der Waals surface area contributed by atoms with Gasteiger partial charge < -0.3 is 4.84 Å². The van der Waals surface area contributed by atoms with Crippen LogP contribution in [0.3, 0.4) is 0 Å². The van der Waals surface area contributed by atoms with E-state index >= 15 is 0 Å². The zero-order valence-corrected chi connectivity index (χ0v) is 14.4. The molecule has 4 rings (SSSR count). The standard InChI is InChI=1S/C19H12N2O4S/c1-11-20-15(16(26-11)12-7-3-2-4-8-12)19(24)25-21-17(22)13-9-5-6-10-14(13)18(21)23/h2-10H,1H3. The van der Waals surface area contributed by atoms with Crippen LogP contribution in [0.4, 0.5) is 0 Å². The Bertz CT molecular complexity index is 1010. The Balaban J connectivity index is 1.65. The van der Waals surface area contributed by atoms with Gasteiger partial charge in [0.15, 0.2) is 5.69 Å². The maximum absolute atomic E-state index is 12.6. The molecule has 0 radical (unpaired) electrons. The van der Waals surface area contributed by atoms with E-state index in [2.05, 4.69) is 4.98 Å². The molecular weight excluding hydrogens is 352 g/mol. The van der Waals surface area contributed by atoms with Crippen molar-refractivity contribution >= 4 is 29.1 Å². The van der Waals surface area contributed by atoms with Gasteiger partial charge in [-0.15, -0.1) is 11.3 Å². The Labute approximate surface area is 152 Å². The van der Waals surface area contributed by atoms with E-state index in [1.165, 1.54) is 23.5 Å². The highest BCUT2D eigenvalue weighted by Gasteiger charge is 2.39. The normalized spacial score (nSPS) is 13.0. The maximum atomic E-state index is 12.6. The van der Waals surface area contributed by atoms with Crippen molar-refractivity contribution in [2.75, 3.05) is 0 Å². The van der Waals surface area contributed by atoms with E-state index in [0.29, 0.717) is 14.9 Å². The Morgan fingerprint density at radius 2 is 1.54 bits per heavy atom. The summed E-state index contributed by atoms with van der Waals surface area (Å²) in [4.78, 5) is 47.3. The highest BCUT2D eigenvalue weighted by atomic mass is 32.1. The summed E-state index contributed by atoms with van der Waals surface area (Å²) in [5, 5.41) is 1.18. The van der Waals surface area contributed by atoms with Gasteiger partial charge >= 0.3 is 5.97 Å². The number of hydrogen-bond acceptors (Lipinski definition) is 6. The molecule has 0 aliphatic carbocycles. The van der Waals surface area contributed by atoms with Crippen LogP contribution in [0, 0.1) is 6.92 Å². The number of carbonyl (C=O) groups is 3. The summed E-state index contributed by atoms with van der Waals surface area (Å²) in [7, 11) is 0. The lowest BCUT2D eigenvalue weighted by atomic mass is 10.1. The number of hydroxylamine groups is 2. The average molecular weight is 364 g/mol. The minimum absolute atomic E-state index is 0.0789. The third-order valence-corrected chi connectivity index (χ3v) is 4.91. The number of fused-ring (bicyclic) bond motifs is 1. The molecule has 26 heavy (non-hydrogen) atoms. The Hall–Kier alpha value is -3.32. The van der Waals surface area contributed by atoms with Crippen LogP contribution >= 0.6 is 11.3 Å². The molecule has 6 nitrogen and oxygen atoms in total. The Morgan fingerprint density at radius 3 is 2.15 bits per heavy atom. The molecule has 128 valence electrons. The fourth-order valence-corrected chi connectivity index (χ4v) is 3.64. The molecule has 0 spiro atoms. The van der Waals surface area contributed by atoms with Crippen molar-refractivity contribution in [2.24, 2.45) is 0 Å². The van der Waals surface area contributed by atoms with E-state index in [0.717, 1.165) is 5.56 Å². The third kappa shape index (κ3) is 2.58. The first kappa shape index (κ1) is 16.2. The van der Waals surface area contributed by atoms with Crippen molar-refractivity contribution in [1.29, 1.82) is 0 Å². The number of carbonyl (C=O) groups excluding carboxylic acids is 3. The zero-order valence-electron chi connectivity index (χ0n) is 13.6. The van der Waals surface area contributed by atoms with Gasteiger partial charge in [0.05, 0.1) is 21.0 Å². The zero-order chi connectivity index (χ0) is 18.3. The first-order valence-corrected chi connectivity index (χ1v) is 8.61. The number of aryl methyl sites for hydroxylation is 1. The second-order valence-corrected chi connectivity index (χ2v) is 6.81. The number of thiazole rings is 1. The van der Waals surface area contributed by atoms with E-state index in [4.69, 9.17) is 4.84 Å². The van der Waals surface area contributed by atoms with E-state index in [1.807, 2.05) is 30.3 Å². The average Bonchev–Trinajstić information content (AvgIpc) is 3.17. The predicted molar refractivity (Wildman–Crippen MR) is 94.6 cm³/mol. The van der Waals surface area contributed by atoms with Crippen LogP contribution in [0.15, 0.2) is 54.6 Å². The molecule has 1 aliphatic heterocycles. The highest BCUT2D eigenvalue weighted by Crippen LogP contribution is 2.31. The summed E-state index contributed by atoms with van der Waals surface area (Å²) in [6, 6.07) is 15.6. The summed E-state index contributed by atoms with van der Waals surface area (Å²) in [6.45, 7) is 1.77. The molecule has 0 saturated heterocycles. The molecule has 7 heteroatoms. The number of nitrogens with zero attached hydrogens (tertiary/aromatic N) is 2. The van der Waals surface area contributed by atoms with Gasteiger partial charge in [-0.1, -0.05) is 47.5 Å². The molecule has 0 saturated carbocycles. The fourth-order valence-electron chi connectivity index (χ4n) is 2.73. The van der Waals surface area contributed by atoms with Crippen molar-refractivity contribution in [3.8, 4) is 10.4 Å². The second-order valence-electron chi connectivity index (χ2n) is 5.61. The van der Waals surface area contributed by atoms with E-state index in [9.17, 15) is 14.4 Å². The summed E-state index contributed by atoms with van der Waals surface area (Å²) < 4.78 is 0. The van der Waals surface area contributed by atoms with Crippen LogP contribution < -0.4 is 0 Å². The van der Waals surface area contributed by atoms with Crippen molar-refractivity contribution in [3.63, 3.8) is 0 Å². The molecule has 2 aromatic carbocycles. The topological polar surface area (TPSA) is 76.6 Å². The van der Waals surface area contributed by atoms with Crippen LogP contribution in [0.2, 0.25) is 0 Å². The molecule has 3 aromatic rings. The van der Waals surface area contributed by atoms with Gasteiger partial charge in [0.2, 0.25) is 0 Å². The number of rotatable bonds is 3. The predicted octanol–water partition coefficient (Wildman–Crippen LogP) is 3.49. The molecule has 0 fully saturated rings. The molecular formula is C19H12N2O4S. The van der Waals surface area contributed by atoms with Gasteiger partial charge in [0.25, 0.3) is 11.8 Å². The monoisotopic (exact) mass is 364 g/mol. The number of hydrogen-bond donors (Lipinski definition) is 0. The Kier molecular flexibility index (Phi) is 3.85.